The van der Waals surface area contributed by atoms with Gasteiger partial charge < -0.3 is 14.2 Å². The lowest BCUT2D eigenvalue weighted by Gasteiger charge is -2.41. The summed E-state index contributed by atoms with van der Waals surface area (Å²) in [5, 5.41) is 8.98. The Bertz CT molecular complexity index is 1190. The van der Waals surface area contributed by atoms with Gasteiger partial charge in [0.1, 0.15) is 5.75 Å². The summed E-state index contributed by atoms with van der Waals surface area (Å²) >= 11 is 0. The molecular formula is C23H26F3N5O3. The summed E-state index contributed by atoms with van der Waals surface area (Å²) in [5.41, 5.74) is 0.907. The maximum Gasteiger partial charge on any atom is 0.491 e. The van der Waals surface area contributed by atoms with Crippen LogP contribution in [0, 0.1) is 0 Å². The van der Waals surface area contributed by atoms with Gasteiger partial charge >= 0.3 is 12.1 Å². The Morgan fingerprint density at radius 1 is 1.18 bits per heavy atom. The highest BCUT2D eigenvalue weighted by Gasteiger charge is 2.42. The van der Waals surface area contributed by atoms with Crippen molar-refractivity contribution < 1.29 is 27.2 Å². The summed E-state index contributed by atoms with van der Waals surface area (Å²) in [4.78, 5) is 18.6. The zero-order valence-corrected chi connectivity index (χ0v) is 19.0. The van der Waals surface area contributed by atoms with Crippen LogP contribution in [0.5, 0.6) is 5.75 Å². The quantitative estimate of drug-likeness (QED) is 0.388. The number of likely N-dealkylation sites (tertiary alicyclic amines) is 1. The van der Waals surface area contributed by atoms with Gasteiger partial charge in [0.05, 0.1) is 16.6 Å². The van der Waals surface area contributed by atoms with E-state index in [1.807, 2.05) is 13.8 Å². The lowest BCUT2D eigenvalue weighted by Crippen LogP contribution is -2.44. The Hall–Kier alpha value is -2.95. The molecule has 0 unspecified atom stereocenters. The molecule has 5 rings (SSSR count). The molecule has 2 aliphatic rings. The molecule has 182 valence electrons. The second kappa shape index (κ2) is 8.68. The van der Waals surface area contributed by atoms with Crippen LogP contribution in [0.25, 0.3) is 16.9 Å². The number of carbonyl (C=O) groups is 1. The zero-order chi connectivity index (χ0) is 24.0. The number of fused-ring (bicyclic) bond motifs is 1. The Kier molecular flexibility index (Phi) is 5.83. The molecule has 0 spiro atoms. The molecule has 2 fully saturated rings. The van der Waals surface area contributed by atoms with E-state index >= 15 is 0 Å². The standard InChI is InChI=1S/C23H26F3N5O3/c1-13(2)19-18-16(7-4-8-17(18)33-21(32)23(24,25)26)31(28-19)22-27-20(34-29-22)14-9-11-30(12-10-14)15-5-3-6-15/h4,7-8,13-15H,3,5-6,9-12H2,1-2H3. The van der Waals surface area contributed by atoms with Crippen LogP contribution in [0.3, 0.4) is 0 Å². The van der Waals surface area contributed by atoms with E-state index in [4.69, 9.17) is 4.52 Å². The molecule has 34 heavy (non-hydrogen) atoms. The van der Waals surface area contributed by atoms with Gasteiger partial charge in [0.15, 0.2) is 0 Å². The number of benzene rings is 1. The Labute approximate surface area is 194 Å². The second-order valence-electron chi connectivity index (χ2n) is 9.32. The van der Waals surface area contributed by atoms with Crippen molar-refractivity contribution in [2.45, 2.75) is 70.0 Å². The summed E-state index contributed by atoms with van der Waals surface area (Å²) in [6.07, 6.45) is 0.637. The van der Waals surface area contributed by atoms with Crippen LogP contribution in [-0.2, 0) is 4.79 Å². The van der Waals surface area contributed by atoms with Crippen molar-refractivity contribution in [3.63, 3.8) is 0 Å². The summed E-state index contributed by atoms with van der Waals surface area (Å²) in [6.45, 7) is 5.71. The van der Waals surface area contributed by atoms with Crippen LogP contribution in [-0.4, -0.2) is 56.1 Å². The summed E-state index contributed by atoms with van der Waals surface area (Å²) < 4.78 is 50.1. The molecule has 1 aliphatic heterocycles. The number of rotatable bonds is 5. The van der Waals surface area contributed by atoms with Gasteiger partial charge in [-0.25, -0.2) is 4.79 Å². The van der Waals surface area contributed by atoms with E-state index in [2.05, 4.69) is 24.9 Å². The number of nitrogens with zero attached hydrogens (tertiary/aromatic N) is 5. The van der Waals surface area contributed by atoms with Crippen molar-refractivity contribution in [1.29, 1.82) is 0 Å². The van der Waals surface area contributed by atoms with Gasteiger partial charge in [-0.05, 0) is 62.0 Å². The Balaban J connectivity index is 1.44. The third kappa shape index (κ3) is 4.17. The van der Waals surface area contributed by atoms with Gasteiger partial charge in [0.25, 0.3) is 5.95 Å². The first-order valence-corrected chi connectivity index (χ1v) is 11.6. The van der Waals surface area contributed by atoms with Crippen LogP contribution in [0.1, 0.15) is 69.4 Å². The van der Waals surface area contributed by atoms with Gasteiger partial charge in [-0.3, -0.25) is 0 Å². The van der Waals surface area contributed by atoms with Gasteiger partial charge in [-0.2, -0.15) is 27.9 Å². The highest BCUT2D eigenvalue weighted by atomic mass is 19.4. The van der Waals surface area contributed by atoms with Crippen molar-refractivity contribution in [2.24, 2.45) is 0 Å². The highest BCUT2D eigenvalue weighted by molar-refractivity contribution is 5.92. The molecule has 0 bridgehead atoms. The number of esters is 1. The second-order valence-corrected chi connectivity index (χ2v) is 9.32. The van der Waals surface area contributed by atoms with Gasteiger partial charge in [0, 0.05) is 12.0 Å². The maximum atomic E-state index is 12.8. The third-order valence-corrected chi connectivity index (χ3v) is 6.77. The fourth-order valence-electron chi connectivity index (χ4n) is 4.71. The average Bonchev–Trinajstić information content (AvgIpc) is 3.38. The first kappa shape index (κ1) is 22.8. The van der Waals surface area contributed by atoms with Crippen molar-refractivity contribution in [1.82, 2.24) is 24.8 Å². The number of piperidine rings is 1. The number of aromatic nitrogens is 4. The number of ether oxygens (including phenoxy) is 1. The Morgan fingerprint density at radius 2 is 1.91 bits per heavy atom. The lowest BCUT2D eigenvalue weighted by atomic mass is 9.88. The predicted octanol–water partition coefficient (Wildman–Crippen LogP) is 4.73. The van der Waals surface area contributed by atoms with E-state index in [0.717, 1.165) is 25.9 Å². The molecule has 0 amide bonds. The van der Waals surface area contributed by atoms with E-state index in [9.17, 15) is 18.0 Å². The largest absolute Gasteiger partial charge is 0.491 e. The molecule has 1 saturated carbocycles. The van der Waals surface area contributed by atoms with Crippen LogP contribution in [0.15, 0.2) is 22.7 Å². The molecular weight excluding hydrogens is 451 g/mol. The SMILES string of the molecule is CC(C)c1nn(-c2noc(C3CCN(C4CCC4)CC3)n2)c2cccc(OC(=O)C(F)(F)F)c12. The number of alkyl halides is 3. The molecule has 3 aromatic rings. The Morgan fingerprint density at radius 3 is 2.53 bits per heavy atom. The van der Waals surface area contributed by atoms with Crippen LogP contribution in [0.4, 0.5) is 13.2 Å². The number of halogens is 3. The first-order valence-electron chi connectivity index (χ1n) is 11.6. The van der Waals surface area contributed by atoms with Crippen molar-refractivity contribution in [2.75, 3.05) is 13.1 Å². The maximum absolute atomic E-state index is 12.8. The molecule has 0 radical (unpaired) electrons. The summed E-state index contributed by atoms with van der Waals surface area (Å²) in [6, 6.07) is 5.21. The monoisotopic (exact) mass is 477 g/mol. The molecule has 0 N–H and O–H groups in total. The lowest BCUT2D eigenvalue weighted by molar-refractivity contribution is -0.189. The fourth-order valence-corrected chi connectivity index (χ4v) is 4.71. The normalized spacial score (nSPS) is 18.5. The van der Waals surface area contributed by atoms with E-state index in [0.29, 0.717) is 28.5 Å². The number of hydrogen-bond acceptors (Lipinski definition) is 7. The van der Waals surface area contributed by atoms with Gasteiger partial charge in [-0.1, -0.05) is 26.3 Å². The first-order chi connectivity index (χ1) is 16.2. The van der Waals surface area contributed by atoms with Crippen molar-refractivity contribution in [3.05, 3.63) is 29.8 Å². The van der Waals surface area contributed by atoms with Crippen molar-refractivity contribution in [3.8, 4) is 11.7 Å². The van der Waals surface area contributed by atoms with E-state index in [-0.39, 0.29) is 23.5 Å². The minimum Gasteiger partial charge on any atom is -0.419 e. The molecule has 1 aliphatic carbocycles. The number of carbonyl (C=O) groups excluding carboxylic acids is 1. The van der Waals surface area contributed by atoms with Crippen LogP contribution < -0.4 is 4.74 Å². The number of hydrogen-bond donors (Lipinski definition) is 0. The van der Waals surface area contributed by atoms with Gasteiger partial charge in [-0.15, -0.1) is 0 Å². The van der Waals surface area contributed by atoms with Crippen LogP contribution in [0.2, 0.25) is 0 Å². The summed E-state index contributed by atoms with van der Waals surface area (Å²) in [5.74, 6) is -1.74. The summed E-state index contributed by atoms with van der Waals surface area (Å²) in [7, 11) is 0. The third-order valence-electron chi connectivity index (χ3n) is 6.77. The zero-order valence-electron chi connectivity index (χ0n) is 19.0. The molecule has 11 heteroatoms. The smallest absolute Gasteiger partial charge is 0.419 e. The van der Waals surface area contributed by atoms with E-state index in [1.165, 1.54) is 36.1 Å². The van der Waals surface area contributed by atoms with E-state index < -0.39 is 12.1 Å². The minimum absolute atomic E-state index is 0.156. The highest BCUT2D eigenvalue weighted by Crippen LogP contribution is 2.36. The minimum atomic E-state index is -5.10. The molecule has 2 aromatic heterocycles. The average molecular weight is 477 g/mol. The molecule has 8 nitrogen and oxygen atoms in total. The molecule has 1 saturated heterocycles. The molecule has 1 aromatic carbocycles. The fraction of sp³-hybridized carbons (Fsp3) is 0.565. The molecule has 0 atom stereocenters. The van der Waals surface area contributed by atoms with Gasteiger partial charge in [0.2, 0.25) is 5.89 Å². The van der Waals surface area contributed by atoms with E-state index in [1.54, 1.807) is 6.07 Å². The van der Waals surface area contributed by atoms with Crippen molar-refractivity contribution >= 4 is 16.9 Å². The molecule has 3 heterocycles. The predicted molar refractivity (Wildman–Crippen MR) is 116 cm³/mol. The topological polar surface area (TPSA) is 86.3 Å². The van der Waals surface area contributed by atoms with Crippen LogP contribution >= 0.6 is 0 Å².